The molecule has 0 radical (unpaired) electrons. The van der Waals surface area contributed by atoms with Gasteiger partial charge in [0.25, 0.3) is 0 Å². The van der Waals surface area contributed by atoms with Crippen LogP contribution in [0.3, 0.4) is 0 Å². The van der Waals surface area contributed by atoms with Gasteiger partial charge >= 0.3 is 0 Å². The Hall–Kier alpha value is -1.05. The van der Waals surface area contributed by atoms with Crippen LogP contribution >= 0.6 is 27.5 Å². The Balaban J connectivity index is 2.58. The summed E-state index contributed by atoms with van der Waals surface area (Å²) in [6, 6.07) is 16.5. The normalized spacial score (nSPS) is 11.1. The highest BCUT2D eigenvalue weighted by Gasteiger charge is 2.03. The summed E-state index contributed by atoms with van der Waals surface area (Å²) in [7, 11) is 0. The van der Waals surface area contributed by atoms with E-state index in [-0.39, 0.29) is 0 Å². The minimum atomic E-state index is 0.778. The Morgan fingerprint density at radius 3 is 2.50 bits per heavy atom. The second kappa shape index (κ2) is 3.76. The number of hydrogen-bond acceptors (Lipinski definition) is 0. The molecule has 0 atom stereocenters. The van der Waals surface area contributed by atoms with Crippen molar-refractivity contribution in [2.75, 3.05) is 0 Å². The molecular formula is C14H8BrCl. The molecule has 0 aliphatic heterocycles. The van der Waals surface area contributed by atoms with Crippen LogP contribution in [0.5, 0.6) is 0 Å². The van der Waals surface area contributed by atoms with Gasteiger partial charge < -0.3 is 0 Å². The van der Waals surface area contributed by atoms with Gasteiger partial charge in [-0.2, -0.15) is 0 Å². The minimum absolute atomic E-state index is 0.778. The van der Waals surface area contributed by atoms with Gasteiger partial charge in [0.1, 0.15) is 0 Å². The minimum Gasteiger partial charge on any atom is -0.0843 e. The summed E-state index contributed by atoms with van der Waals surface area (Å²) in [5, 5.41) is 5.65. The number of fused-ring (bicyclic) bond motifs is 3. The molecule has 3 aromatic rings. The van der Waals surface area contributed by atoms with Crippen LogP contribution in [-0.2, 0) is 0 Å². The summed E-state index contributed by atoms with van der Waals surface area (Å²) in [5.74, 6) is 0. The first kappa shape index (κ1) is 10.1. The monoisotopic (exact) mass is 290 g/mol. The molecule has 0 unspecified atom stereocenters. The van der Waals surface area contributed by atoms with Crippen molar-refractivity contribution in [1.82, 2.24) is 0 Å². The quantitative estimate of drug-likeness (QED) is 0.486. The van der Waals surface area contributed by atoms with E-state index in [0.29, 0.717) is 0 Å². The maximum atomic E-state index is 6.05. The molecule has 0 spiro atoms. The van der Waals surface area contributed by atoms with Crippen LogP contribution in [0.25, 0.3) is 21.5 Å². The summed E-state index contributed by atoms with van der Waals surface area (Å²) in [6.45, 7) is 0. The van der Waals surface area contributed by atoms with Gasteiger partial charge in [-0.3, -0.25) is 0 Å². The molecule has 0 aliphatic rings. The van der Waals surface area contributed by atoms with E-state index < -0.39 is 0 Å². The molecule has 0 saturated carbocycles. The Kier molecular flexibility index (Phi) is 2.38. The fourth-order valence-electron chi connectivity index (χ4n) is 2.02. The van der Waals surface area contributed by atoms with E-state index in [2.05, 4.69) is 46.3 Å². The van der Waals surface area contributed by atoms with E-state index >= 15 is 0 Å². The summed E-state index contributed by atoms with van der Waals surface area (Å²) < 4.78 is 1.12. The van der Waals surface area contributed by atoms with Gasteiger partial charge in [-0.05, 0) is 39.7 Å². The molecule has 0 saturated heterocycles. The van der Waals surface area contributed by atoms with E-state index in [4.69, 9.17) is 11.6 Å². The van der Waals surface area contributed by atoms with Crippen LogP contribution in [0.2, 0.25) is 5.02 Å². The molecule has 3 rings (SSSR count). The molecule has 0 nitrogen and oxygen atoms in total. The predicted molar refractivity (Wildman–Crippen MR) is 74.2 cm³/mol. The Morgan fingerprint density at radius 2 is 1.62 bits per heavy atom. The van der Waals surface area contributed by atoms with Crippen molar-refractivity contribution < 1.29 is 0 Å². The first-order valence-electron chi connectivity index (χ1n) is 5.02. The van der Waals surface area contributed by atoms with E-state index in [0.717, 1.165) is 9.50 Å². The maximum Gasteiger partial charge on any atom is 0.0412 e. The highest BCUT2D eigenvalue weighted by molar-refractivity contribution is 9.10. The zero-order chi connectivity index (χ0) is 11.1. The summed E-state index contributed by atoms with van der Waals surface area (Å²) in [5.41, 5.74) is 0. The summed E-state index contributed by atoms with van der Waals surface area (Å²) in [4.78, 5) is 0. The van der Waals surface area contributed by atoms with Crippen molar-refractivity contribution in [3.8, 4) is 0 Å². The summed E-state index contributed by atoms with van der Waals surface area (Å²) >= 11 is 9.62. The number of benzene rings is 3. The average Bonchev–Trinajstić information content (AvgIpc) is 2.29. The Labute approximate surface area is 107 Å². The molecule has 0 heterocycles. The number of halogens is 2. The predicted octanol–water partition coefficient (Wildman–Crippen LogP) is 5.41. The van der Waals surface area contributed by atoms with Crippen LogP contribution in [-0.4, -0.2) is 0 Å². The molecule has 0 amide bonds. The van der Waals surface area contributed by atoms with E-state index in [1.54, 1.807) is 0 Å². The van der Waals surface area contributed by atoms with Gasteiger partial charge in [0.2, 0.25) is 0 Å². The molecule has 16 heavy (non-hydrogen) atoms. The molecule has 2 heteroatoms. The highest BCUT2D eigenvalue weighted by atomic mass is 79.9. The van der Waals surface area contributed by atoms with Crippen molar-refractivity contribution in [2.45, 2.75) is 0 Å². The lowest BCUT2D eigenvalue weighted by atomic mass is 10.0. The molecule has 0 aliphatic carbocycles. The topological polar surface area (TPSA) is 0 Å². The van der Waals surface area contributed by atoms with Crippen molar-refractivity contribution >= 4 is 49.1 Å². The molecule has 3 aromatic carbocycles. The van der Waals surface area contributed by atoms with Crippen molar-refractivity contribution in [1.29, 1.82) is 0 Å². The zero-order valence-electron chi connectivity index (χ0n) is 8.37. The fourth-order valence-corrected chi connectivity index (χ4v) is 2.69. The van der Waals surface area contributed by atoms with Gasteiger partial charge in [0.05, 0.1) is 0 Å². The lowest BCUT2D eigenvalue weighted by molar-refractivity contribution is 1.73. The average molecular weight is 292 g/mol. The highest BCUT2D eigenvalue weighted by Crippen LogP contribution is 2.31. The van der Waals surface area contributed by atoms with Crippen LogP contribution in [0.15, 0.2) is 53.0 Å². The van der Waals surface area contributed by atoms with Gasteiger partial charge in [0.15, 0.2) is 0 Å². The Bertz CT molecular complexity index is 689. The Morgan fingerprint density at radius 1 is 0.812 bits per heavy atom. The number of hydrogen-bond donors (Lipinski definition) is 0. The van der Waals surface area contributed by atoms with Crippen LogP contribution in [0.1, 0.15) is 0 Å². The molecule has 0 N–H and O–H groups in total. The first-order valence-corrected chi connectivity index (χ1v) is 6.19. The lowest BCUT2D eigenvalue weighted by Gasteiger charge is -2.05. The van der Waals surface area contributed by atoms with Crippen LogP contribution in [0, 0.1) is 0 Å². The fraction of sp³-hybridized carbons (Fsp3) is 0. The first-order chi connectivity index (χ1) is 7.75. The van der Waals surface area contributed by atoms with E-state index in [9.17, 15) is 0 Å². The second-order valence-electron chi connectivity index (χ2n) is 3.77. The third-order valence-electron chi connectivity index (χ3n) is 2.79. The largest absolute Gasteiger partial charge is 0.0843 e. The van der Waals surface area contributed by atoms with Crippen molar-refractivity contribution in [3.05, 3.63) is 58.0 Å². The summed E-state index contributed by atoms with van der Waals surface area (Å²) in [6.07, 6.45) is 0. The van der Waals surface area contributed by atoms with Crippen molar-refractivity contribution in [2.24, 2.45) is 0 Å². The zero-order valence-corrected chi connectivity index (χ0v) is 10.7. The van der Waals surface area contributed by atoms with Crippen LogP contribution in [0.4, 0.5) is 0 Å². The van der Waals surface area contributed by atoms with Crippen LogP contribution < -0.4 is 0 Å². The third-order valence-corrected chi connectivity index (χ3v) is 3.71. The molecule has 0 fully saturated rings. The number of rotatable bonds is 0. The van der Waals surface area contributed by atoms with Gasteiger partial charge in [-0.1, -0.05) is 57.9 Å². The van der Waals surface area contributed by atoms with Gasteiger partial charge in [0, 0.05) is 9.50 Å². The standard InChI is InChI=1S/C14H8BrCl/c15-14-3-1-2-11-12(14)7-5-9-4-6-10(16)8-13(9)11/h1-8H. The molecule has 78 valence electrons. The smallest absolute Gasteiger partial charge is 0.0412 e. The lowest BCUT2D eigenvalue weighted by Crippen LogP contribution is -1.78. The molecule has 0 bridgehead atoms. The van der Waals surface area contributed by atoms with Gasteiger partial charge in [-0.25, -0.2) is 0 Å². The van der Waals surface area contributed by atoms with Gasteiger partial charge in [-0.15, -0.1) is 0 Å². The van der Waals surface area contributed by atoms with E-state index in [1.165, 1.54) is 21.5 Å². The maximum absolute atomic E-state index is 6.05. The van der Waals surface area contributed by atoms with Crippen molar-refractivity contribution in [3.63, 3.8) is 0 Å². The second-order valence-corrected chi connectivity index (χ2v) is 5.06. The molecule has 0 aromatic heterocycles. The molecular weight excluding hydrogens is 284 g/mol. The third kappa shape index (κ3) is 1.51. The SMILES string of the molecule is Clc1ccc2ccc3c(Br)cccc3c2c1. The van der Waals surface area contributed by atoms with E-state index in [1.807, 2.05) is 18.2 Å².